The fraction of sp³-hybridized carbons (Fsp3) is 0.667. The molecule has 0 radical (unpaired) electrons. The smallest absolute Gasteiger partial charge is 0.225 e. The van der Waals surface area contributed by atoms with Gasteiger partial charge in [0.05, 0.1) is 0 Å². The molecule has 6 nitrogen and oxygen atoms in total. The average molecular weight is 290 g/mol. The maximum atomic E-state index is 12.6. The molecule has 2 saturated heterocycles. The highest BCUT2D eigenvalue weighted by Gasteiger charge is 2.33. The van der Waals surface area contributed by atoms with Crippen molar-refractivity contribution in [3.8, 4) is 0 Å². The quantitative estimate of drug-likeness (QED) is 0.883. The normalized spacial score (nSPS) is 23.6. The standard InChI is InChI=1S/C15H22N4O2/c1-11(20)18-7-3-12(4-8-18)15(21)19-9-5-13(10-19)14-2-6-16-17-14/h2,6,12-13H,3-5,7-10H2,1H3,(H,16,17)/t13-/m1/s1. The minimum atomic E-state index is 0.0844. The first kappa shape index (κ1) is 14.1. The van der Waals surface area contributed by atoms with E-state index in [1.807, 2.05) is 15.9 Å². The molecule has 0 unspecified atom stereocenters. The van der Waals surface area contributed by atoms with E-state index in [1.165, 1.54) is 0 Å². The summed E-state index contributed by atoms with van der Waals surface area (Å²) in [5, 5.41) is 6.99. The Morgan fingerprint density at radius 2 is 1.90 bits per heavy atom. The molecule has 1 aromatic heterocycles. The predicted octanol–water partition coefficient (Wildman–Crippen LogP) is 0.984. The summed E-state index contributed by atoms with van der Waals surface area (Å²) in [6.07, 6.45) is 4.35. The van der Waals surface area contributed by atoms with Crippen LogP contribution in [0, 0.1) is 5.92 Å². The van der Waals surface area contributed by atoms with Gasteiger partial charge in [-0.1, -0.05) is 0 Å². The van der Waals surface area contributed by atoms with E-state index in [-0.39, 0.29) is 17.7 Å². The molecule has 6 heteroatoms. The molecule has 2 fully saturated rings. The number of hydrogen-bond donors (Lipinski definition) is 1. The minimum absolute atomic E-state index is 0.0844. The van der Waals surface area contributed by atoms with Gasteiger partial charge in [0.1, 0.15) is 0 Å². The fourth-order valence-electron chi connectivity index (χ4n) is 3.41. The van der Waals surface area contributed by atoms with E-state index < -0.39 is 0 Å². The number of amides is 2. The Morgan fingerprint density at radius 3 is 2.52 bits per heavy atom. The lowest BCUT2D eigenvalue weighted by Crippen LogP contribution is -2.43. The molecular formula is C15H22N4O2. The Morgan fingerprint density at radius 1 is 1.19 bits per heavy atom. The topological polar surface area (TPSA) is 69.3 Å². The fourth-order valence-corrected chi connectivity index (χ4v) is 3.41. The lowest BCUT2D eigenvalue weighted by Gasteiger charge is -2.32. The van der Waals surface area contributed by atoms with Crippen molar-refractivity contribution < 1.29 is 9.59 Å². The highest BCUT2D eigenvalue weighted by molar-refractivity contribution is 5.80. The molecule has 1 N–H and O–H groups in total. The molecule has 0 aliphatic carbocycles. The summed E-state index contributed by atoms with van der Waals surface area (Å²) >= 11 is 0. The van der Waals surface area contributed by atoms with Crippen molar-refractivity contribution in [2.24, 2.45) is 5.92 Å². The van der Waals surface area contributed by atoms with Gasteiger partial charge in [0.15, 0.2) is 0 Å². The van der Waals surface area contributed by atoms with Crippen molar-refractivity contribution in [1.29, 1.82) is 0 Å². The van der Waals surface area contributed by atoms with Crippen LogP contribution < -0.4 is 0 Å². The molecule has 3 heterocycles. The molecule has 0 saturated carbocycles. The van der Waals surface area contributed by atoms with Crippen LogP contribution in [0.2, 0.25) is 0 Å². The van der Waals surface area contributed by atoms with E-state index in [0.29, 0.717) is 19.0 Å². The van der Waals surface area contributed by atoms with Crippen LogP contribution in [0.15, 0.2) is 12.3 Å². The number of carbonyl (C=O) groups is 2. The molecular weight excluding hydrogens is 268 g/mol. The number of hydrogen-bond acceptors (Lipinski definition) is 3. The van der Waals surface area contributed by atoms with Crippen molar-refractivity contribution >= 4 is 11.8 Å². The van der Waals surface area contributed by atoms with Gasteiger partial charge in [0.2, 0.25) is 11.8 Å². The number of rotatable bonds is 2. The van der Waals surface area contributed by atoms with E-state index in [1.54, 1.807) is 13.1 Å². The van der Waals surface area contributed by atoms with Gasteiger partial charge in [-0.3, -0.25) is 14.7 Å². The molecule has 2 amide bonds. The second-order valence-corrected chi connectivity index (χ2v) is 6.06. The average Bonchev–Trinajstić information content (AvgIpc) is 3.17. The summed E-state index contributed by atoms with van der Waals surface area (Å²) < 4.78 is 0. The summed E-state index contributed by atoms with van der Waals surface area (Å²) in [6.45, 7) is 4.63. The van der Waals surface area contributed by atoms with Crippen molar-refractivity contribution in [3.05, 3.63) is 18.0 Å². The zero-order valence-corrected chi connectivity index (χ0v) is 12.4. The minimum Gasteiger partial charge on any atom is -0.343 e. The van der Waals surface area contributed by atoms with Crippen molar-refractivity contribution in [3.63, 3.8) is 0 Å². The second kappa shape index (κ2) is 5.87. The van der Waals surface area contributed by atoms with Gasteiger partial charge in [-0.05, 0) is 25.3 Å². The van der Waals surface area contributed by atoms with Gasteiger partial charge >= 0.3 is 0 Å². The highest BCUT2D eigenvalue weighted by atomic mass is 16.2. The molecule has 0 aromatic carbocycles. The number of H-pyrrole nitrogens is 1. The van der Waals surface area contributed by atoms with Crippen molar-refractivity contribution in [2.45, 2.75) is 32.1 Å². The van der Waals surface area contributed by atoms with Gasteiger partial charge in [0, 0.05) is 56.8 Å². The van der Waals surface area contributed by atoms with E-state index in [4.69, 9.17) is 0 Å². The first-order valence-electron chi connectivity index (χ1n) is 7.68. The van der Waals surface area contributed by atoms with Crippen LogP contribution in [0.4, 0.5) is 0 Å². The zero-order chi connectivity index (χ0) is 14.8. The van der Waals surface area contributed by atoms with E-state index in [2.05, 4.69) is 10.2 Å². The van der Waals surface area contributed by atoms with Crippen LogP contribution in [0.25, 0.3) is 0 Å². The number of likely N-dealkylation sites (tertiary alicyclic amines) is 2. The molecule has 1 atom stereocenters. The van der Waals surface area contributed by atoms with Crippen LogP contribution >= 0.6 is 0 Å². The number of carbonyl (C=O) groups excluding carboxylic acids is 2. The molecule has 21 heavy (non-hydrogen) atoms. The molecule has 114 valence electrons. The summed E-state index contributed by atoms with van der Waals surface area (Å²) in [5.74, 6) is 0.844. The summed E-state index contributed by atoms with van der Waals surface area (Å²) in [7, 11) is 0. The largest absolute Gasteiger partial charge is 0.343 e. The monoisotopic (exact) mass is 290 g/mol. The van der Waals surface area contributed by atoms with Crippen LogP contribution in [0.3, 0.4) is 0 Å². The highest BCUT2D eigenvalue weighted by Crippen LogP contribution is 2.28. The lowest BCUT2D eigenvalue weighted by atomic mass is 9.95. The Labute approximate surface area is 124 Å². The number of piperidine rings is 1. The zero-order valence-electron chi connectivity index (χ0n) is 12.4. The maximum Gasteiger partial charge on any atom is 0.225 e. The summed E-state index contributed by atoms with van der Waals surface area (Å²) in [6, 6.07) is 1.99. The second-order valence-electron chi connectivity index (χ2n) is 6.06. The third-order valence-electron chi connectivity index (χ3n) is 4.75. The third kappa shape index (κ3) is 2.94. The molecule has 3 rings (SSSR count). The Kier molecular flexibility index (Phi) is 3.94. The molecule has 0 bridgehead atoms. The van der Waals surface area contributed by atoms with Gasteiger partial charge in [-0.25, -0.2) is 0 Å². The van der Waals surface area contributed by atoms with E-state index in [9.17, 15) is 9.59 Å². The number of aromatic amines is 1. The SMILES string of the molecule is CC(=O)N1CCC(C(=O)N2CC[C@@H](c3ccn[nH]3)C2)CC1. The van der Waals surface area contributed by atoms with Gasteiger partial charge in [-0.15, -0.1) is 0 Å². The molecule has 0 spiro atoms. The Balaban J connectivity index is 1.54. The lowest BCUT2D eigenvalue weighted by molar-refractivity contribution is -0.139. The predicted molar refractivity (Wildman–Crippen MR) is 77.5 cm³/mol. The first-order chi connectivity index (χ1) is 10.1. The van der Waals surface area contributed by atoms with Crippen LogP contribution in [0.1, 0.15) is 37.8 Å². The Hall–Kier alpha value is -1.85. The van der Waals surface area contributed by atoms with Crippen LogP contribution in [-0.4, -0.2) is 58.0 Å². The van der Waals surface area contributed by atoms with Gasteiger partial charge in [-0.2, -0.15) is 5.10 Å². The van der Waals surface area contributed by atoms with Crippen LogP contribution in [-0.2, 0) is 9.59 Å². The van der Waals surface area contributed by atoms with Crippen molar-refractivity contribution in [2.75, 3.05) is 26.2 Å². The van der Waals surface area contributed by atoms with E-state index in [0.717, 1.165) is 38.0 Å². The first-order valence-corrected chi connectivity index (χ1v) is 7.68. The number of nitrogens with one attached hydrogen (secondary N) is 1. The van der Waals surface area contributed by atoms with Crippen molar-refractivity contribution in [1.82, 2.24) is 20.0 Å². The third-order valence-corrected chi connectivity index (χ3v) is 4.75. The van der Waals surface area contributed by atoms with Gasteiger partial charge in [0.25, 0.3) is 0 Å². The number of nitrogens with zero attached hydrogens (tertiary/aromatic N) is 3. The summed E-state index contributed by atoms with van der Waals surface area (Å²) in [5.41, 5.74) is 1.12. The van der Waals surface area contributed by atoms with Gasteiger partial charge < -0.3 is 9.80 Å². The van der Waals surface area contributed by atoms with E-state index >= 15 is 0 Å². The maximum absolute atomic E-state index is 12.6. The Bertz CT molecular complexity index is 506. The number of aromatic nitrogens is 2. The van der Waals surface area contributed by atoms with Crippen LogP contribution in [0.5, 0.6) is 0 Å². The molecule has 2 aliphatic rings. The molecule has 1 aromatic rings. The molecule has 2 aliphatic heterocycles. The summed E-state index contributed by atoms with van der Waals surface area (Å²) in [4.78, 5) is 27.7.